The Hall–Kier alpha value is -1.59. The number of nitrogens with zero attached hydrogens (tertiary/aromatic N) is 1. The maximum Gasteiger partial charge on any atom is 0.294 e. The highest BCUT2D eigenvalue weighted by Crippen LogP contribution is 2.68. The fourth-order valence-corrected chi connectivity index (χ4v) is 9.60. The van der Waals surface area contributed by atoms with E-state index in [-0.39, 0.29) is 27.6 Å². The highest BCUT2D eigenvalue weighted by Gasteiger charge is 2.62. The zero-order valence-corrected chi connectivity index (χ0v) is 24.9. The van der Waals surface area contributed by atoms with Crippen molar-refractivity contribution in [1.29, 1.82) is 0 Å². The minimum Gasteiger partial charge on any atom is -0.393 e. The smallest absolute Gasteiger partial charge is 0.294 e. The first kappa shape index (κ1) is 28.0. The summed E-state index contributed by atoms with van der Waals surface area (Å²) in [7, 11) is -4.04. The summed E-state index contributed by atoms with van der Waals surface area (Å²) in [4.78, 5) is 16.5. The molecule has 3 fully saturated rings. The molecule has 0 saturated heterocycles. The molecule has 1 aromatic carbocycles. The van der Waals surface area contributed by atoms with Gasteiger partial charge >= 0.3 is 0 Å². The Bertz CT molecular complexity index is 1360. The number of thiazole rings is 1. The quantitative estimate of drug-likeness (QED) is 0.350. The molecule has 4 aliphatic rings. The van der Waals surface area contributed by atoms with Gasteiger partial charge in [0, 0.05) is 22.2 Å². The number of carbonyl (C=O) groups is 1. The zero-order valence-electron chi connectivity index (χ0n) is 21.6. The van der Waals surface area contributed by atoms with Crippen LogP contribution in [-0.2, 0) is 14.9 Å². The van der Waals surface area contributed by atoms with Crippen LogP contribution in [0, 0.1) is 28.6 Å². The molecule has 38 heavy (non-hydrogen) atoms. The number of allylic oxidation sites excluding steroid dienone is 1. The average Bonchev–Trinajstić information content (AvgIpc) is 3.41. The maximum absolute atomic E-state index is 12.0. The lowest BCUT2D eigenvalue weighted by atomic mass is 9.46. The van der Waals surface area contributed by atoms with Crippen LogP contribution >= 0.6 is 27.3 Å². The molecule has 7 atom stereocenters. The third kappa shape index (κ3) is 4.91. The summed E-state index contributed by atoms with van der Waals surface area (Å²) < 4.78 is 30.3. The number of aliphatic hydroxyl groups is 1. The van der Waals surface area contributed by atoms with Gasteiger partial charge in [-0.1, -0.05) is 35.4 Å². The summed E-state index contributed by atoms with van der Waals surface area (Å²) in [5.41, 5.74) is 8.47. The van der Waals surface area contributed by atoms with Crippen LogP contribution in [0.1, 0.15) is 70.4 Å². The van der Waals surface area contributed by atoms with E-state index in [1.54, 1.807) is 12.1 Å². The number of nitrogens with two attached hydrogens (primary N) is 1. The molecule has 206 valence electrons. The van der Waals surface area contributed by atoms with Crippen molar-refractivity contribution < 1.29 is 22.9 Å². The second-order valence-electron chi connectivity index (χ2n) is 11.8. The average molecular weight is 624 g/mol. The van der Waals surface area contributed by atoms with E-state index in [0.29, 0.717) is 35.2 Å². The first-order valence-corrected chi connectivity index (χ1v) is 16.3. The normalized spacial score (nSPS) is 36.3. The lowest BCUT2D eigenvalue weighted by Gasteiger charge is -2.59. The van der Waals surface area contributed by atoms with Crippen LogP contribution in [0.15, 0.2) is 50.7 Å². The van der Waals surface area contributed by atoms with Crippen LogP contribution in [0.25, 0.3) is 0 Å². The highest BCUT2D eigenvalue weighted by molar-refractivity contribution is 9.10. The topological polar surface area (TPSA) is 131 Å². The van der Waals surface area contributed by atoms with E-state index in [1.165, 1.54) is 35.5 Å². The number of ketones is 1. The van der Waals surface area contributed by atoms with E-state index in [9.17, 15) is 18.3 Å². The number of rotatable bonds is 2. The number of benzene rings is 1. The van der Waals surface area contributed by atoms with Crippen molar-refractivity contribution in [2.24, 2.45) is 28.6 Å². The second kappa shape index (κ2) is 10.1. The van der Waals surface area contributed by atoms with Crippen LogP contribution in [-0.4, -0.2) is 34.9 Å². The summed E-state index contributed by atoms with van der Waals surface area (Å²) >= 11 is 4.67. The van der Waals surface area contributed by atoms with Gasteiger partial charge in [0.2, 0.25) is 0 Å². The van der Waals surface area contributed by atoms with Gasteiger partial charge in [-0.15, -0.1) is 11.3 Å². The first-order chi connectivity index (χ1) is 17.8. The Morgan fingerprint density at radius 1 is 1.13 bits per heavy atom. The molecule has 0 bridgehead atoms. The predicted molar refractivity (Wildman–Crippen MR) is 151 cm³/mol. The van der Waals surface area contributed by atoms with Crippen LogP contribution in [0.4, 0.5) is 5.13 Å². The molecule has 1 aromatic heterocycles. The minimum absolute atomic E-state index is 0.000713. The monoisotopic (exact) mass is 622 g/mol. The molecule has 10 heteroatoms. The first-order valence-electron chi connectivity index (χ1n) is 13.2. The Morgan fingerprint density at radius 3 is 2.47 bits per heavy atom. The molecule has 0 spiro atoms. The molecule has 7 nitrogen and oxygen atoms in total. The maximum atomic E-state index is 12.0. The van der Waals surface area contributed by atoms with Crippen LogP contribution in [0.2, 0.25) is 0 Å². The Kier molecular flexibility index (Phi) is 7.44. The van der Waals surface area contributed by atoms with Crippen LogP contribution in [0.5, 0.6) is 0 Å². The molecule has 0 radical (unpaired) electrons. The second-order valence-corrected chi connectivity index (χ2v) is 15.1. The number of carbonyl (C=O) groups excluding carboxylic acids is 1. The lowest BCUT2D eigenvalue weighted by Crippen LogP contribution is -2.56. The molecule has 0 amide bonds. The fourth-order valence-electron chi connectivity index (χ4n) is 8.24. The molecule has 2 unspecified atom stereocenters. The van der Waals surface area contributed by atoms with Gasteiger partial charge in [0.05, 0.1) is 16.7 Å². The fraction of sp³-hybridized carbons (Fsp3) is 0.571. The van der Waals surface area contributed by atoms with Gasteiger partial charge in [-0.3, -0.25) is 9.35 Å². The number of halogens is 1. The van der Waals surface area contributed by atoms with E-state index in [0.717, 1.165) is 42.3 Å². The molecule has 2 aromatic rings. The van der Waals surface area contributed by atoms with Crippen molar-refractivity contribution >= 4 is 48.3 Å². The van der Waals surface area contributed by atoms with Crippen LogP contribution in [0.3, 0.4) is 0 Å². The third-order valence-electron chi connectivity index (χ3n) is 9.90. The number of aliphatic hydroxyl groups excluding tert-OH is 1. The number of fused-ring (bicyclic) bond motifs is 5. The predicted octanol–water partition coefficient (Wildman–Crippen LogP) is 6.01. The number of hydrogen-bond acceptors (Lipinski definition) is 7. The summed E-state index contributed by atoms with van der Waals surface area (Å²) in [6.45, 7) is 4.71. The third-order valence-corrected chi connectivity index (χ3v) is 12.0. The minimum atomic E-state index is -4.04. The molecule has 3 saturated carbocycles. The van der Waals surface area contributed by atoms with Crippen molar-refractivity contribution in [2.75, 3.05) is 5.73 Å². The van der Waals surface area contributed by atoms with Crippen LogP contribution < -0.4 is 5.73 Å². The van der Waals surface area contributed by atoms with Crippen molar-refractivity contribution in [2.45, 2.75) is 75.7 Å². The lowest BCUT2D eigenvalue weighted by molar-refractivity contribution is -0.129. The molecular formula is C28H35BrN2O5S2. The SMILES string of the molecule is C[C@]12CCC(=O)C=C1CC[C@@H]1[C@@H]2C(O)C[C@]2(C)C(c3csc(N)n3)CC[C@@H]12.O=S(=O)(O)c1ccc(Br)cc1. The van der Waals surface area contributed by atoms with Gasteiger partial charge in [0.1, 0.15) is 0 Å². The van der Waals surface area contributed by atoms with E-state index < -0.39 is 10.1 Å². The number of anilines is 1. The van der Waals surface area contributed by atoms with Gasteiger partial charge in [-0.2, -0.15) is 8.42 Å². The van der Waals surface area contributed by atoms with Gasteiger partial charge in [0.25, 0.3) is 10.1 Å². The highest BCUT2D eigenvalue weighted by atomic mass is 79.9. The van der Waals surface area contributed by atoms with E-state index in [4.69, 9.17) is 10.3 Å². The molecule has 6 rings (SSSR count). The molecule has 0 aliphatic heterocycles. The van der Waals surface area contributed by atoms with Gasteiger partial charge in [0.15, 0.2) is 10.9 Å². The Labute approximate surface area is 236 Å². The van der Waals surface area contributed by atoms with Crippen molar-refractivity contribution in [1.82, 2.24) is 4.98 Å². The summed E-state index contributed by atoms with van der Waals surface area (Å²) in [5.74, 6) is 2.16. The van der Waals surface area contributed by atoms with Gasteiger partial charge in [-0.25, -0.2) is 4.98 Å². The molecule has 1 heterocycles. The van der Waals surface area contributed by atoms with Crippen molar-refractivity contribution in [3.05, 3.63) is 51.5 Å². The standard InChI is InChI=1S/C22H30N2O2S.C6H5BrO3S/c1-21-8-7-13(25)9-12(21)3-4-14-15-5-6-16(17-11-27-20(23)24-17)22(15,2)10-18(26)19(14)21;7-5-1-3-6(4-2-5)11(8,9)10/h9,11,14-16,18-19,26H,3-8,10H2,1-2H3,(H2,23,24);1-4H,(H,8,9,10)/t14-,15-,16?,18?,19+,21-,22-;/m0./s1. The van der Waals surface area contributed by atoms with E-state index in [1.807, 2.05) is 6.08 Å². The van der Waals surface area contributed by atoms with E-state index in [2.05, 4.69) is 40.1 Å². The van der Waals surface area contributed by atoms with Crippen molar-refractivity contribution in [3.63, 3.8) is 0 Å². The Morgan fingerprint density at radius 2 is 1.84 bits per heavy atom. The summed E-state index contributed by atoms with van der Waals surface area (Å²) in [5, 5.41) is 14.2. The van der Waals surface area contributed by atoms with Crippen molar-refractivity contribution in [3.8, 4) is 0 Å². The molecule has 4 N–H and O–H groups in total. The number of hydrogen-bond donors (Lipinski definition) is 3. The molecule has 4 aliphatic carbocycles. The Balaban J connectivity index is 0.000000226. The zero-order chi connectivity index (χ0) is 27.5. The summed E-state index contributed by atoms with van der Waals surface area (Å²) in [6, 6.07) is 5.73. The number of aromatic nitrogens is 1. The summed E-state index contributed by atoms with van der Waals surface area (Å²) in [6.07, 6.45) is 8.52. The molecular weight excluding hydrogens is 588 g/mol. The van der Waals surface area contributed by atoms with Gasteiger partial charge < -0.3 is 10.8 Å². The largest absolute Gasteiger partial charge is 0.393 e. The van der Waals surface area contributed by atoms with E-state index >= 15 is 0 Å². The number of nitrogen functional groups attached to an aromatic ring is 1. The van der Waals surface area contributed by atoms with Gasteiger partial charge in [-0.05, 0) is 97.5 Å².